The predicted molar refractivity (Wildman–Crippen MR) is 122 cm³/mol. The first kappa shape index (κ1) is 21.1. The van der Waals surface area contributed by atoms with Gasteiger partial charge in [0.05, 0.1) is 18.4 Å². The summed E-state index contributed by atoms with van der Waals surface area (Å²) in [5, 5.41) is 4.35. The van der Waals surface area contributed by atoms with E-state index in [9.17, 15) is 19.2 Å². The van der Waals surface area contributed by atoms with Gasteiger partial charge in [0.15, 0.2) is 0 Å². The van der Waals surface area contributed by atoms with Crippen molar-refractivity contribution in [2.45, 2.75) is 11.8 Å². The Bertz CT molecular complexity index is 1350. The number of fused-ring (bicyclic) bond motifs is 3. The average Bonchev–Trinajstić information content (AvgIpc) is 3.06. The summed E-state index contributed by atoms with van der Waals surface area (Å²) in [5.74, 6) is -1.63. The van der Waals surface area contributed by atoms with Crippen LogP contribution in [0.15, 0.2) is 54.9 Å². The van der Waals surface area contributed by atoms with Crippen LogP contribution in [-0.2, 0) is 19.8 Å². The molecule has 1 aromatic heterocycles. The number of amides is 4. The second-order valence-electron chi connectivity index (χ2n) is 8.20. The van der Waals surface area contributed by atoms with E-state index in [2.05, 4.69) is 10.3 Å². The fraction of sp³-hybridized carbons (Fsp3) is 0.208. The highest BCUT2D eigenvalue weighted by Gasteiger charge is 2.58. The molecular formula is C24H19ClN4O4. The molecule has 2 aromatic carbocycles. The summed E-state index contributed by atoms with van der Waals surface area (Å²) in [7, 11) is 1.47. The van der Waals surface area contributed by atoms with Gasteiger partial charge >= 0.3 is 0 Å². The number of hydrogen-bond acceptors (Lipinski definition) is 5. The number of anilines is 1. The Morgan fingerprint density at radius 1 is 1.15 bits per heavy atom. The van der Waals surface area contributed by atoms with Crippen molar-refractivity contribution < 1.29 is 19.2 Å². The Labute approximate surface area is 194 Å². The normalized spacial score (nSPS) is 20.0. The molecule has 4 amide bonds. The van der Waals surface area contributed by atoms with Gasteiger partial charge in [-0.25, -0.2) is 4.90 Å². The molecular weight excluding hydrogens is 444 g/mol. The fourth-order valence-corrected chi connectivity index (χ4v) is 4.90. The van der Waals surface area contributed by atoms with Gasteiger partial charge in [0.25, 0.3) is 5.91 Å². The third-order valence-electron chi connectivity index (χ3n) is 6.29. The minimum Gasteiger partial charge on any atom is -0.358 e. The molecule has 2 aliphatic heterocycles. The molecule has 1 N–H and O–H groups in total. The summed E-state index contributed by atoms with van der Waals surface area (Å²) in [6.45, 7) is -0.331. The van der Waals surface area contributed by atoms with Gasteiger partial charge in [-0.15, -0.1) is 0 Å². The number of imide groups is 1. The number of rotatable bonds is 3. The molecule has 2 aliphatic rings. The maximum Gasteiger partial charge on any atom is 0.254 e. The van der Waals surface area contributed by atoms with Gasteiger partial charge in [-0.1, -0.05) is 35.9 Å². The van der Waals surface area contributed by atoms with Crippen molar-refractivity contribution in [3.8, 4) is 0 Å². The number of halogens is 1. The molecule has 8 nitrogen and oxygen atoms in total. The van der Waals surface area contributed by atoms with Crippen molar-refractivity contribution in [1.82, 2.24) is 15.2 Å². The first-order valence-corrected chi connectivity index (χ1v) is 10.7. The molecule has 9 heteroatoms. The lowest BCUT2D eigenvalue weighted by atomic mass is 9.73. The molecule has 5 rings (SSSR count). The minimum atomic E-state index is -1.35. The SMILES string of the molecule is CNC(=O)CN1C[C@@]2(CC(=O)N(c3cncc4ccccc34)C2=O)c2cc(Cl)ccc2C1=O. The van der Waals surface area contributed by atoms with Gasteiger partial charge in [0.1, 0.15) is 5.41 Å². The number of aromatic nitrogens is 1. The second-order valence-corrected chi connectivity index (χ2v) is 8.63. The quantitative estimate of drug-likeness (QED) is 0.602. The van der Waals surface area contributed by atoms with Crippen molar-refractivity contribution in [1.29, 1.82) is 0 Å². The van der Waals surface area contributed by atoms with Crippen molar-refractivity contribution >= 4 is 51.7 Å². The van der Waals surface area contributed by atoms with E-state index >= 15 is 0 Å². The molecule has 1 atom stereocenters. The lowest BCUT2D eigenvalue weighted by Gasteiger charge is -2.39. The molecule has 0 bridgehead atoms. The predicted octanol–water partition coefficient (Wildman–Crippen LogP) is 2.29. The van der Waals surface area contributed by atoms with Gasteiger partial charge < -0.3 is 10.2 Å². The Hall–Kier alpha value is -3.78. The lowest BCUT2D eigenvalue weighted by Crippen LogP contribution is -2.55. The van der Waals surface area contributed by atoms with Crippen LogP contribution in [0.4, 0.5) is 5.69 Å². The molecule has 3 heterocycles. The standard InChI is InChI=1S/C24H19ClN4O4/c1-26-20(30)12-28-13-24(18-8-15(25)6-7-17(18)22(28)32)9-21(31)29(23(24)33)19-11-27-10-14-4-2-3-5-16(14)19/h2-8,10-11H,9,12-13H2,1H3,(H,26,30)/t24-/m0/s1. The Morgan fingerprint density at radius 2 is 1.94 bits per heavy atom. The van der Waals surface area contributed by atoms with Crippen molar-refractivity contribution in [3.63, 3.8) is 0 Å². The highest BCUT2D eigenvalue weighted by Crippen LogP contribution is 2.45. The summed E-state index contributed by atoms with van der Waals surface area (Å²) in [6.07, 6.45) is 3.01. The van der Waals surface area contributed by atoms with Gasteiger partial charge in [-0.05, 0) is 23.8 Å². The molecule has 166 valence electrons. The van der Waals surface area contributed by atoms with Crippen LogP contribution >= 0.6 is 11.6 Å². The Balaban J connectivity index is 1.67. The number of likely N-dealkylation sites (N-methyl/N-ethyl adjacent to an activating group) is 1. The molecule has 1 spiro atoms. The van der Waals surface area contributed by atoms with Gasteiger partial charge in [0.2, 0.25) is 17.7 Å². The van der Waals surface area contributed by atoms with Crippen LogP contribution in [0.1, 0.15) is 22.3 Å². The van der Waals surface area contributed by atoms with Crippen LogP contribution in [0.2, 0.25) is 5.02 Å². The van der Waals surface area contributed by atoms with Crippen LogP contribution in [-0.4, -0.2) is 53.6 Å². The highest BCUT2D eigenvalue weighted by molar-refractivity contribution is 6.31. The third kappa shape index (κ3) is 3.17. The monoisotopic (exact) mass is 462 g/mol. The highest BCUT2D eigenvalue weighted by atomic mass is 35.5. The van der Waals surface area contributed by atoms with E-state index in [4.69, 9.17) is 11.6 Å². The fourth-order valence-electron chi connectivity index (χ4n) is 4.73. The van der Waals surface area contributed by atoms with Crippen LogP contribution in [0.3, 0.4) is 0 Å². The van der Waals surface area contributed by atoms with E-state index in [1.54, 1.807) is 18.3 Å². The van der Waals surface area contributed by atoms with Crippen molar-refractivity contribution in [2.75, 3.05) is 25.0 Å². The largest absolute Gasteiger partial charge is 0.358 e. The number of carbonyl (C=O) groups excluding carboxylic acids is 4. The molecule has 1 fully saturated rings. The van der Waals surface area contributed by atoms with Gasteiger partial charge in [-0.3, -0.25) is 24.2 Å². The summed E-state index contributed by atoms with van der Waals surface area (Å²) >= 11 is 6.24. The molecule has 0 saturated carbocycles. The maximum atomic E-state index is 14.0. The first-order valence-electron chi connectivity index (χ1n) is 10.4. The smallest absolute Gasteiger partial charge is 0.254 e. The number of carbonyl (C=O) groups is 4. The zero-order valence-corrected chi connectivity index (χ0v) is 18.4. The molecule has 1 saturated heterocycles. The number of hydrogen-bond donors (Lipinski definition) is 1. The maximum absolute atomic E-state index is 14.0. The molecule has 0 unspecified atom stereocenters. The molecule has 33 heavy (non-hydrogen) atoms. The van der Waals surface area contributed by atoms with Gasteiger partial charge in [-0.2, -0.15) is 0 Å². The van der Waals surface area contributed by atoms with Crippen molar-refractivity contribution in [2.24, 2.45) is 0 Å². The first-order chi connectivity index (χ1) is 15.9. The van der Waals surface area contributed by atoms with Crippen LogP contribution in [0.25, 0.3) is 10.8 Å². The van der Waals surface area contributed by atoms with Crippen LogP contribution in [0.5, 0.6) is 0 Å². The van der Waals surface area contributed by atoms with Gasteiger partial charge in [0, 0.05) is 47.6 Å². The van der Waals surface area contributed by atoms with E-state index in [1.165, 1.54) is 24.2 Å². The summed E-state index contributed by atoms with van der Waals surface area (Å²) in [6, 6.07) is 12.0. The zero-order valence-electron chi connectivity index (χ0n) is 17.7. The van der Waals surface area contributed by atoms with E-state index in [1.807, 2.05) is 24.3 Å². The number of benzene rings is 2. The zero-order chi connectivity index (χ0) is 23.3. The summed E-state index contributed by atoms with van der Waals surface area (Å²) < 4.78 is 0. The van der Waals surface area contributed by atoms with E-state index in [0.717, 1.165) is 10.3 Å². The molecule has 0 aliphatic carbocycles. The average molecular weight is 463 g/mol. The number of pyridine rings is 1. The van der Waals surface area contributed by atoms with E-state index in [-0.39, 0.29) is 36.9 Å². The van der Waals surface area contributed by atoms with E-state index in [0.29, 0.717) is 21.7 Å². The molecule has 0 radical (unpaired) electrons. The Morgan fingerprint density at radius 3 is 2.73 bits per heavy atom. The molecule has 3 aromatic rings. The summed E-state index contributed by atoms with van der Waals surface area (Å²) in [5.41, 5.74) is -0.301. The lowest BCUT2D eigenvalue weighted by molar-refractivity contribution is -0.125. The summed E-state index contributed by atoms with van der Waals surface area (Å²) in [4.78, 5) is 59.2. The van der Waals surface area contributed by atoms with Crippen molar-refractivity contribution in [3.05, 3.63) is 71.0 Å². The minimum absolute atomic E-state index is 0.105. The number of nitrogens with zero attached hydrogens (tertiary/aromatic N) is 3. The number of nitrogens with one attached hydrogen (secondary N) is 1. The van der Waals surface area contributed by atoms with Crippen LogP contribution < -0.4 is 10.2 Å². The topological polar surface area (TPSA) is 99.7 Å². The van der Waals surface area contributed by atoms with E-state index < -0.39 is 17.2 Å². The Kier molecular flexibility index (Phi) is 4.90. The third-order valence-corrected chi connectivity index (χ3v) is 6.53. The van der Waals surface area contributed by atoms with Crippen LogP contribution in [0, 0.1) is 0 Å². The second kappa shape index (κ2) is 7.67.